The van der Waals surface area contributed by atoms with E-state index in [1.165, 1.54) is 6.07 Å². The van der Waals surface area contributed by atoms with Gasteiger partial charge in [-0.05, 0) is 66.5 Å². The molecule has 0 fully saturated rings. The number of para-hydroxylation sites is 1. The highest BCUT2D eigenvalue weighted by Gasteiger charge is 2.32. The molecule has 0 aliphatic rings. The second-order valence-corrected chi connectivity index (χ2v) is 11.2. The monoisotopic (exact) mass is 515 g/mol. The van der Waals surface area contributed by atoms with Crippen molar-refractivity contribution < 1.29 is 13.5 Å². The molecule has 0 amide bonds. The lowest BCUT2D eigenvalue weighted by atomic mass is 9.94. The molecule has 2 aromatic heterocycles. The molecular formula is C24H23BrFN3O2S. The molecule has 8 heteroatoms. The van der Waals surface area contributed by atoms with Crippen LogP contribution in [-0.2, 0) is 17.8 Å². The summed E-state index contributed by atoms with van der Waals surface area (Å²) in [5.74, 6) is -0.411. The second kappa shape index (κ2) is 9.31. The lowest BCUT2D eigenvalue weighted by Crippen LogP contribution is -2.42. The van der Waals surface area contributed by atoms with Gasteiger partial charge < -0.3 is 9.08 Å². The maximum absolute atomic E-state index is 14.6. The molecular weight excluding hydrogens is 493 g/mol. The minimum atomic E-state index is -1.39. The third kappa shape index (κ3) is 4.88. The van der Waals surface area contributed by atoms with Crippen molar-refractivity contribution in [1.82, 2.24) is 14.9 Å². The van der Waals surface area contributed by atoms with E-state index in [-0.39, 0.29) is 12.1 Å². The summed E-state index contributed by atoms with van der Waals surface area (Å²) in [6.45, 7) is 5.67. The molecule has 0 saturated heterocycles. The molecule has 166 valence electrons. The van der Waals surface area contributed by atoms with E-state index < -0.39 is 28.0 Å². The minimum Gasteiger partial charge on any atom is -0.598 e. The number of hydrogen-bond donors (Lipinski definition) is 1. The van der Waals surface area contributed by atoms with Gasteiger partial charge in [0, 0.05) is 28.7 Å². The number of pyridine rings is 1. The van der Waals surface area contributed by atoms with Gasteiger partial charge in [0.05, 0.1) is 11.7 Å². The van der Waals surface area contributed by atoms with Crippen LogP contribution in [0.3, 0.4) is 0 Å². The maximum atomic E-state index is 14.6. The summed E-state index contributed by atoms with van der Waals surface area (Å²) in [6.07, 6.45) is 0.208. The van der Waals surface area contributed by atoms with Crippen LogP contribution in [0.4, 0.5) is 4.39 Å². The number of fused-ring (bicyclic) bond motifs is 1. The van der Waals surface area contributed by atoms with E-state index in [0.29, 0.717) is 15.9 Å². The highest BCUT2D eigenvalue weighted by molar-refractivity contribution is 9.10. The van der Waals surface area contributed by atoms with E-state index in [0.717, 1.165) is 16.5 Å². The van der Waals surface area contributed by atoms with Crippen molar-refractivity contribution >= 4 is 38.3 Å². The third-order valence-corrected chi connectivity index (χ3v) is 7.11. The van der Waals surface area contributed by atoms with E-state index in [1.54, 1.807) is 6.07 Å². The molecule has 0 spiro atoms. The van der Waals surface area contributed by atoms with E-state index in [9.17, 15) is 8.94 Å². The molecule has 4 rings (SSSR count). The van der Waals surface area contributed by atoms with Crippen molar-refractivity contribution in [2.75, 3.05) is 0 Å². The first kappa shape index (κ1) is 22.9. The van der Waals surface area contributed by atoms with Crippen LogP contribution in [0.15, 0.2) is 69.8 Å². The number of hydrogen-bond acceptors (Lipinski definition) is 5. The number of rotatable bonds is 6. The summed E-state index contributed by atoms with van der Waals surface area (Å²) in [5, 5.41) is 5.18. The highest BCUT2D eigenvalue weighted by Crippen LogP contribution is 2.35. The molecule has 0 saturated carbocycles. The first-order chi connectivity index (χ1) is 15.2. The predicted octanol–water partition coefficient (Wildman–Crippen LogP) is 6.13. The van der Waals surface area contributed by atoms with E-state index in [2.05, 4.69) is 30.8 Å². The normalized spacial score (nSPS) is 13.9. The maximum Gasteiger partial charge on any atom is 0.167 e. The Balaban J connectivity index is 1.82. The lowest BCUT2D eigenvalue weighted by molar-refractivity contribution is 0.459. The smallest absolute Gasteiger partial charge is 0.167 e. The number of nitrogens with one attached hydrogen (secondary N) is 1. The fourth-order valence-corrected chi connectivity index (χ4v) is 4.58. The largest absolute Gasteiger partial charge is 0.598 e. The molecule has 0 aliphatic carbocycles. The molecule has 0 aliphatic heterocycles. The second-order valence-electron chi connectivity index (χ2n) is 8.43. The Morgan fingerprint density at radius 3 is 2.59 bits per heavy atom. The average Bonchev–Trinajstić information content (AvgIpc) is 3.19. The molecule has 0 radical (unpaired) electrons. The van der Waals surface area contributed by atoms with Crippen molar-refractivity contribution in [2.24, 2.45) is 0 Å². The Hall–Kier alpha value is -2.26. The van der Waals surface area contributed by atoms with Gasteiger partial charge in [-0.3, -0.25) is 0 Å². The minimum absolute atomic E-state index is 0.208. The van der Waals surface area contributed by atoms with Crippen LogP contribution in [0.5, 0.6) is 0 Å². The quantitative estimate of drug-likeness (QED) is 0.247. The van der Waals surface area contributed by atoms with Gasteiger partial charge in [-0.2, -0.15) is 0 Å². The number of aromatic nitrogens is 2. The average molecular weight is 516 g/mol. The van der Waals surface area contributed by atoms with Gasteiger partial charge in [0.15, 0.2) is 5.58 Å². The van der Waals surface area contributed by atoms with E-state index >= 15 is 0 Å². The molecule has 2 heterocycles. The zero-order valence-corrected chi connectivity index (χ0v) is 20.3. The fraction of sp³-hybridized carbons (Fsp3) is 0.250. The van der Waals surface area contributed by atoms with Crippen molar-refractivity contribution in [2.45, 2.75) is 38.0 Å². The zero-order chi connectivity index (χ0) is 22.9. The van der Waals surface area contributed by atoms with Crippen molar-refractivity contribution in [3.63, 3.8) is 0 Å². The molecule has 4 aromatic rings. The zero-order valence-electron chi connectivity index (χ0n) is 17.9. The van der Waals surface area contributed by atoms with Crippen LogP contribution in [0.1, 0.15) is 38.1 Å². The van der Waals surface area contributed by atoms with Gasteiger partial charge in [0.2, 0.25) is 0 Å². The SMILES string of the molecule is CC(C)(C)[S+]([O-])N[C@@H](Cc1nc(Br)ccc1F)c1ccccc1-c1noc2ccccc12. The summed E-state index contributed by atoms with van der Waals surface area (Å²) >= 11 is 1.93. The first-order valence-electron chi connectivity index (χ1n) is 10.2. The number of benzene rings is 2. The number of halogens is 2. The number of nitrogens with zero attached hydrogens (tertiary/aromatic N) is 2. The molecule has 1 unspecified atom stereocenters. The Bertz CT molecular complexity index is 1240. The summed E-state index contributed by atoms with van der Waals surface area (Å²) in [6, 6.07) is 17.8. The highest BCUT2D eigenvalue weighted by atomic mass is 79.9. The van der Waals surface area contributed by atoms with Gasteiger partial charge in [-0.1, -0.05) is 41.6 Å². The Kier molecular flexibility index (Phi) is 6.67. The summed E-state index contributed by atoms with van der Waals surface area (Å²) in [4.78, 5) is 4.32. The van der Waals surface area contributed by atoms with Crippen LogP contribution in [-0.4, -0.2) is 19.4 Å². The van der Waals surface area contributed by atoms with Crippen LogP contribution in [0, 0.1) is 5.82 Å². The molecule has 0 bridgehead atoms. The Labute approximate surface area is 197 Å². The molecule has 1 N–H and O–H groups in total. The predicted molar refractivity (Wildman–Crippen MR) is 129 cm³/mol. The topological polar surface area (TPSA) is 74.0 Å². The molecule has 5 nitrogen and oxygen atoms in total. The van der Waals surface area contributed by atoms with Crippen LogP contribution >= 0.6 is 15.9 Å². The van der Waals surface area contributed by atoms with Gasteiger partial charge in [-0.15, -0.1) is 4.72 Å². The molecule has 32 heavy (non-hydrogen) atoms. The summed E-state index contributed by atoms with van der Waals surface area (Å²) in [7, 11) is 0. The first-order valence-corrected chi connectivity index (χ1v) is 12.1. The molecule has 2 atom stereocenters. The standard InChI is InChI=1S/C24H23BrFN3O2S/c1-24(2,3)32(30)29-19(14-20-18(26)12-13-22(25)27-20)15-8-4-5-9-16(15)23-17-10-6-7-11-21(17)31-28-23/h4-13,19,29H,14H2,1-3H3/t19-,32?/m0/s1. The molecule has 2 aromatic carbocycles. The van der Waals surface area contributed by atoms with Crippen molar-refractivity contribution in [3.05, 3.63) is 82.3 Å². The Morgan fingerprint density at radius 1 is 1.09 bits per heavy atom. The fourth-order valence-electron chi connectivity index (χ4n) is 3.41. The van der Waals surface area contributed by atoms with Gasteiger partial charge in [0.25, 0.3) is 0 Å². The van der Waals surface area contributed by atoms with Crippen LogP contribution in [0.2, 0.25) is 0 Å². The summed E-state index contributed by atoms with van der Waals surface area (Å²) < 4.78 is 36.4. The van der Waals surface area contributed by atoms with E-state index in [1.807, 2.05) is 69.3 Å². The van der Waals surface area contributed by atoms with E-state index in [4.69, 9.17) is 4.52 Å². The third-order valence-electron chi connectivity index (χ3n) is 5.06. The lowest BCUT2D eigenvalue weighted by Gasteiger charge is -2.29. The van der Waals surface area contributed by atoms with Crippen molar-refractivity contribution in [1.29, 1.82) is 0 Å². The van der Waals surface area contributed by atoms with Gasteiger partial charge in [-0.25, -0.2) is 9.37 Å². The van der Waals surface area contributed by atoms with Gasteiger partial charge >= 0.3 is 0 Å². The van der Waals surface area contributed by atoms with Crippen molar-refractivity contribution in [3.8, 4) is 11.3 Å². The summed E-state index contributed by atoms with van der Waals surface area (Å²) in [5.41, 5.74) is 3.32. The van der Waals surface area contributed by atoms with Crippen LogP contribution in [0.25, 0.3) is 22.2 Å². The van der Waals surface area contributed by atoms with Crippen LogP contribution < -0.4 is 4.72 Å². The Morgan fingerprint density at radius 2 is 1.81 bits per heavy atom. The van der Waals surface area contributed by atoms with Gasteiger partial charge in [0.1, 0.15) is 20.9 Å².